The highest BCUT2D eigenvalue weighted by molar-refractivity contribution is 7.90. The zero-order valence-electron chi connectivity index (χ0n) is 11.9. The lowest BCUT2D eigenvalue weighted by molar-refractivity contribution is -0.116. The molecular weight excluding hydrogens is 262 g/mol. The lowest BCUT2D eigenvalue weighted by atomic mass is 10.1. The van der Waals surface area contributed by atoms with Gasteiger partial charge in [0.05, 0.1) is 4.90 Å². The summed E-state index contributed by atoms with van der Waals surface area (Å²) in [5.41, 5.74) is 1.42. The third-order valence-electron chi connectivity index (χ3n) is 2.86. The molecule has 5 heteroatoms. The number of hydrogen-bond donors (Lipinski definition) is 1. The molecule has 19 heavy (non-hydrogen) atoms. The minimum absolute atomic E-state index is 0.0811. The van der Waals surface area contributed by atoms with E-state index in [2.05, 4.69) is 19.2 Å². The second-order valence-electron chi connectivity index (χ2n) is 5.23. The zero-order valence-corrected chi connectivity index (χ0v) is 12.7. The highest BCUT2D eigenvalue weighted by Gasteiger charge is 2.11. The fourth-order valence-electron chi connectivity index (χ4n) is 1.60. The van der Waals surface area contributed by atoms with Crippen molar-refractivity contribution in [3.8, 4) is 0 Å². The number of nitrogens with one attached hydrogen (secondary N) is 1. The Morgan fingerprint density at radius 1 is 1.32 bits per heavy atom. The van der Waals surface area contributed by atoms with Crippen LogP contribution in [0.2, 0.25) is 0 Å². The van der Waals surface area contributed by atoms with Crippen molar-refractivity contribution in [1.82, 2.24) is 0 Å². The van der Waals surface area contributed by atoms with Crippen LogP contribution in [0.5, 0.6) is 0 Å². The number of carbonyl (C=O) groups is 1. The predicted octanol–water partition coefficient (Wildman–Crippen LogP) is 2.77. The van der Waals surface area contributed by atoms with Crippen LogP contribution >= 0.6 is 0 Å². The Balaban J connectivity index is 2.86. The second-order valence-corrected chi connectivity index (χ2v) is 7.25. The van der Waals surface area contributed by atoms with E-state index in [0.717, 1.165) is 18.2 Å². The summed E-state index contributed by atoms with van der Waals surface area (Å²) >= 11 is 0. The molecule has 0 fully saturated rings. The number of sulfone groups is 1. The van der Waals surface area contributed by atoms with E-state index < -0.39 is 9.84 Å². The van der Waals surface area contributed by atoms with Crippen LogP contribution < -0.4 is 5.32 Å². The molecule has 106 valence electrons. The van der Waals surface area contributed by atoms with Crippen molar-refractivity contribution in [1.29, 1.82) is 0 Å². The number of amides is 1. The maximum atomic E-state index is 11.8. The number of aryl methyl sites for hydroxylation is 1. The van der Waals surface area contributed by atoms with Gasteiger partial charge in [0.25, 0.3) is 0 Å². The summed E-state index contributed by atoms with van der Waals surface area (Å²) in [6.07, 6.45) is 2.42. The molecule has 0 saturated carbocycles. The first-order chi connectivity index (χ1) is 8.70. The molecule has 4 nitrogen and oxygen atoms in total. The minimum atomic E-state index is -3.25. The van der Waals surface area contributed by atoms with E-state index in [9.17, 15) is 13.2 Å². The van der Waals surface area contributed by atoms with Gasteiger partial charge < -0.3 is 5.32 Å². The van der Waals surface area contributed by atoms with Gasteiger partial charge in [0, 0.05) is 18.4 Å². The number of rotatable bonds is 5. The molecule has 0 aromatic heterocycles. The Morgan fingerprint density at radius 2 is 1.95 bits per heavy atom. The van der Waals surface area contributed by atoms with Crippen LogP contribution in [0.25, 0.3) is 0 Å². The van der Waals surface area contributed by atoms with Crippen molar-refractivity contribution in [3.63, 3.8) is 0 Å². The topological polar surface area (TPSA) is 63.2 Å². The molecule has 0 unspecified atom stereocenters. The van der Waals surface area contributed by atoms with E-state index in [4.69, 9.17) is 0 Å². The molecule has 1 N–H and O–H groups in total. The first-order valence-corrected chi connectivity index (χ1v) is 8.20. The maximum Gasteiger partial charge on any atom is 0.224 e. The first-order valence-electron chi connectivity index (χ1n) is 6.30. The van der Waals surface area contributed by atoms with E-state index in [1.165, 1.54) is 6.07 Å². The number of carbonyl (C=O) groups excluding carboxylic acids is 1. The number of hydrogen-bond acceptors (Lipinski definition) is 3. The van der Waals surface area contributed by atoms with Crippen LogP contribution in [-0.4, -0.2) is 20.6 Å². The minimum Gasteiger partial charge on any atom is -0.326 e. The Kier molecular flexibility index (Phi) is 5.11. The highest BCUT2D eigenvalue weighted by atomic mass is 32.2. The first kappa shape index (κ1) is 15.7. The average Bonchev–Trinajstić information content (AvgIpc) is 2.28. The smallest absolute Gasteiger partial charge is 0.224 e. The Hall–Kier alpha value is -1.36. The zero-order chi connectivity index (χ0) is 14.6. The van der Waals surface area contributed by atoms with Gasteiger partial charge in [0.15, 0.2) is 9.84 Å². The fourth-order valence-corrected chi connectivity index (χ4v) is 2.25. The van der Waals surface area contributed by atoms with Gasteiger partial charge in [-0.05, 0) is 37.0 Å². The molecule has 1 aromatic rings. The maximum absolute atomic E-state index is 11.8. The Labute approximate surface area is 115 Å². The molecule has 0 atom stereocenters. The molecular formula is C14H21NO3S. The third-order valence-corrected chi connectivity index (χ3v) is 3.97. The van der Waals surface area contributed by atoms with Crippen LogP contribution in [-0.2, 0) is 14.6 Å². The molecule has 0 radical (unpaired) electrons. The predicted molar refractivity (Wildman–Crippen MR) is 77.0 cm³/mol. The van der Waals surface area contributed by atoms with Gasteiger partial charge in [-0.2, -0.15) is 0 Å². The number of anilines is 1. The normalized spacial score (nSPS) is 11.6. The van der Waals surface area contributed by atoms with Crippen molar-refractivity contribution in [2.75, 3.05) is 11.6 Å². The average molecular weight is 283 g/mol. The molecule has 0 aliphatic heterocycles. The van der Waals surface area contributed by atoms with Crippen LogP contribution in [0, 0.1) is 12.8 Å². The van der Waals surface area contributed by atoms with Gasteiger partial charge in [0.2, 0.25) is 5.91 Å². The summed E-state index contributed by atoms with van der Waals surface area (Å²) in [5, 5.41) is 2.77. The summed E-state index contributed by atoms with van der Waals surface area (Å²) in [4.78, 5) is 12.0. The molecule has 0 aliphatic rings. The van der Waals surface area contributed by atoms with E-state index >= 15 is 0 Å². The quantitative estimate of drug-likeness (QED) is 0.903. The number of benzene rings is 1. The summed E-state index contributed by atoms with van der Waals surface area (Å²) < 4.78 is 23.0. The Morgan fingerprint density at radius 3 is 2.47 bits per heavy atom. The second kappa shape index (κ2) is 6.19. The van der Waals surface area contributed by atoms with Crippen molar-refractivity contribution in [2.45, 2.75) is 38.5 Å². The lowest BCUT2D eigenvalue weighted by Crippen LogP contribution is -2.13. The molecule has 0 bridgehead atoms. The fraction of sp³-hybridized carbons (Fsp3) is 0.500. The molecule has 1 amide bonds. The summed E-state index contributed by atoms with van der Waals surface area (Å²) in [6, 6.07) is 4.76. The molecule has 1 rings (SSSR count). The van der Waals surface area contributed by atoms with Gasteiger partial charge in [0.1, 0.15) is 0 Å². The summed E-state index contributed by atoms with van der Waals surface area (Å²) in [7, 11) is -3.25. The van der Waals surface area contributed by atoms with Gasteiger partial charge in [-0.1, -0.05) is 19.9 Å². The van der Waals surface area contributed by atoms with Gasteiger partial charge in [-0.25, -0.2) is 8.42 Å². The molecule has 0 spiro atoms. The molecule has 0 saturated heterocycles. The highest BCUT2D eigenvalue weighted by Crippen LogP contribution is 2.20. The van der Waals surface area contributed by atoms with Gasteiger partial charge in [-0.3, -0.25) is 4.79 Å². The van der Waals surface area contributed by atoms with Crippen molar-refractivity contribution in [3.05, 3.63) is 23.8 Å². The van der Waals surface area contributed by atoms with Crippen molar-refractivity contribution >= 4 is 21.4 Å². The third kappa shape index (κ3) is 5.03. The van der Waals surface area contributed by atoms with Crippen LogP contribution in [0.3, 0.4) is 0 Å². The largest absolute Gasteiger partial charge is 0.326 e. The summed E-state index contributed by atoms with van der Waals surface area (Å²) in [5.74, 6) is 0.386. The van der Waals surface area contributed by atoms with Crippen LogP contribution in [0.4, 0.5) is 5.69 Å². The van der Waals surface area contributed by atoms with Crippen LogP contribution in [0.1, 0.15) is 32.3 Å². The monoisotopic (exact) mass is 283 g/mol. The lowest BCUT2D eigenvalue weighted by Gasteiger charge is -2.10. The Bertz CT molecular complexity index is 562. The van der Waals surface area contributed by atoms with E-state index in [1.807, 2.05) is 6.92 Å². The standard InChI is InChI=1S/C14H21NO3S/c1-10(2)5-8-14(16)15-13-9-12(19(4,17)18)7-6-11(13)3/h6-7,9-10H,5,8H2,1-4H3,(H,15,16). The molecule has 0 heterocycles. The van der Waals surface area contributed by atoms with Crippen molar-refractivity contribution in [2.24, 2.45) is 5.92 Å². The van der Waals surface area contributed by atoms with E-state index in [0.29, 0.717) is 18.0 Å². The van der Waals surface area contributed by atoms with Gasteiger partial charge >= 0.3 is 0 Å². The molecule has 0 aliphatic carbocycles. The molecule has 1 aromatic carbocycles. The van der Waals surface area contributed by atoms with Crippen LogP contribution in [0.15, 0.2) is 23.1 Å². The van der Waals surface area contributed by atoms with Gasteiger partial charge in [-0.15, -0.1) is 0 Å². The SMILES string of the molecule is Cc1ccc(S(C)(=O)=O)cc1NC(=O)CCC(C)C. The van der Waals surface area contributed by atoms with Crippen molar-refractivity contribution < 1.29 is 13.2 Å². The van der Waals surface area contributed by atoms with E-state index in [-0.39, 0.29) is 10.8 Å². The van der Waals surface area contributed by atoms with E-state index in [1.54, 1.807) is 12.1 Å². The summed E-state index contributed by atoms with van der Waals surface area (Å²) in [6.45, 7) is 5.95.